The minimum Gasteiger partial charge on any atom is -0.317 e. The fourth-order valence-electron chi connectivity index (χ4n) is 3.37. The second-order valence-electron chi connectivity index (χ2n) is 5.85. The molecule has 1 N–H and O–H groups in total. The Hall–Kier alpha value is -1.38. The Morgan fingerprint density at radius 3 is 2.00 bits per heavy atom. The second kappa shape index (κ2) is 6.80. The van der Waals surface area contributed by atoms with Crippen molar-refractivity contribution in [2.45, 2.75) is 22.7 Å². The summed E-state index contributed by atoms with van der Waals surface area (Å²) in [5.41, 5.74) is 4.90. The van der Waals surface area contributed by atoms with Gasteiger partial charge in [-0.25, -0.2) is 0 Å². The molecular weight excluding hydrogens is 383 g/mol. The van der Waals surface area contributed by atoms with E-state index in [-0.39, 0.29) is 5.41 Å². The molecule has 0 aromatic heterocycles. The highest BCUT2D eigenvalue weighted by Crippen LogP contribution is 2.40. The zero-order valence-corrected chi connectivity index (χ0v) is 14.6. The minimum absolute atomic E-state index is 0.0725. The lowest BCUT2D eigenvalue weighted by atomic mass is 9.68. The summed E-state index contributed by atoms with van der Waals surface area (Å²) < 4.78 is 1.05. The molecule has 2 aromatic rings. The highest BCUT2D eigenvalue weighted by atomic mass is 127. The maximum Gasteiger partial charge on any atom is 0.0991 e. The van der Waals surface area contributed by atoms with Gasteiger partial charge in [0.15, 0.2) is 0 Å². The van der Waals surface area contributed by atoms with Gasteiger partial charge in [0, 0.05) is 9.84 Å². The van der Waals surface area contributed by atoms with Crippen LogP contribution < -0.4 is 5.32 Å². The van der Waals surface area contributed by atoms with Gasteiger partial charge in [-0.05, 0) is 54.8 Å². The Kier molecular flexibility index (Phi) is 4.80. The molecule has 1 aliphatic heterocycles. The number of nitrogens with zero attached hydrogens (tertiary/aromatic N) is 1. The summed E-state index contributed by atoms with van der Waals surface area (Å²) in [6.45, 7) is 2.07. The monoisotopic (exact) mass is 402 g/mol. The van der Waals surface area contributed by atoms with Crippen LogP contribution in [0.5, 0.6) is 0 Å². The molecule has 1 saturated heterocycles. The van der Waals surface area contributed by atoms with Gasteiger partial charge >= 0.3 is 0 Å². The molecule has 1 heterocycles. The van der Waals surface area contributed by atoms with Gasteiger partial charge in [-0.15, -0.1) is 0 Å². The van der Waals surface area contributed by atoms with Crippen molar-refractivity contribution in [2.24, 2.45) is 0 Å². The van der Waals surface area contributed by atoms with Crippen molar-refractivity contribution in [3.8, 4) is 6.07 Å². The lowest BCUT2D eigenvalue weighted by molar-refractivity contribution is 0.362. The van der Waals surface area contributed by atoms with Crippen molar-refractivity contribution < 1.29 is 0 Å². The topological polar surface area (TPSA) is 35.8 Å². The molecule has 0 radical (unpaired) electrons. The van der Waals surface area contributed by atoms with E-state index in [4.69, 9.17) is 5.26 Å². The summed E-state index contributed by atoms with van der Waals surface area (Å²) in [4.78, 5) is 0. The third-order valence-electron chi connectivity index (χ3n) is 4.68. The number of benzene rings is 2. The highest BCUT2D eigenvalue weighted by Gasteiger charge is 2.35. The summed E-state index contributed by atoms with van der Waals surface area (Å²) in [7, 11) is 0. The fourth-order valence-corrected chi connectivity index (χ4v) is 3.88. The predicted octanol–water partition coefficient (Wildman–Crippen LogP) is 4.16. The maximum atomic E-state index is 9.02. The van der Waals surface area contributed by atoms with Crippen molar-refractivity contribution >= 4 is 22.6 Å². The molecule has 2 aromatic carbocycles. The molecule has 1 fully saturated rings. The van der Waals surface area contributed by atoms with Gasteiger partial charge in [-0.3, -0.25) is 0 Å². The van der Waals surface area contributed by atoms with Crippen molar-refractivity contribution in [3.05, 3.63) is 70.8 Å². The Bertz CT molecular complexity index is 662. The molecule has 0 saturated carbocycles. The molecule has 112 valence electrons. The highest BCUT2D eigenvalue weighted by molar-refractivity contribution is 14.1. The number of hydrogen-bond donors (Lipinski definition) is 1. The zero-order valence-electron chi connectivity index (χ0n) is 12.5. The average molecular weight is 402 g/mol. The first kappa shape index (κ1) is 15.5. The van der Waals surface area contributed by atoms with Crippen LogP contribution in [0.15, 0.2) is 48.5 Å². The lowest BCUT2D eigenvalue weighted by Crippen LogP contribution is -2.40. The Balaban J connectivity index is 2.04. The van der Waals surface area contributed by atoms with E-state index in [9.17, 15) is 0 Å². The van der Waals surface area contributed by atoms with Gasteiger partial charge in [-0.1, -0.05) is 59.0 Å². The van der Waals surface area contributed by atoms with Crippen LogP contribution in [0.2, 0.25) is 0 Å². The molecule has 22 heavy (non-hydrogen) atoms. The zero-order chi connectivity index (χ0) is 15.4. The van der Waals surface area contributed by atoms with Gasteiger partial charge in [0.25, 0.3) is 0 Å². The van der Waals surface area contributed by atoms with E-state index in [1.165, 1.54) is 16.7 Å². The Morgan fingerprint density at radius 1 is 0.955 bits per heavy atom. The molecule has 3 rings (SSSR count). The van der Waals surface area contributed by atoms with E-state index in [2.05, 4.69) is 70.4 Å². The van der Waals surface area contributed by atoms with Crippen LogP contribution in [-0.2, 0) is 9.84 Å². The van der Waals surface area contributed by atoms with Crippen LogP contribution in [0.25, 0.3) is 0 Å². The number of rotatable bonds is 3. The van der Waals surface area contributed by atoms with E-state index < -0.39 is 0 Å². The molecule has 0 aliphatic carbocycles. The second-order valence-corrected chi connectivity index (χ2v) is 6.61. The average Bonchev–Trinajstić information content (AvgIpc) is 2.62. The molecule has 0 spiro atoms. The largest absolute Gasteiger partial charge is 0.317 e. The number of nitrogens with one attached hydrogen (secondary N) is 1. The molecule has 0 unspecified atom stereocenters. The van der Waals surface area contributed by atoms with Crippen LogP contribution in [-0.4, -0.2) is 13.1 Å². The summed E-state index contributed by atoms with van der Waals surface area (Å²) >= 11 is 2.40. The number of alkyl halides is 1. The molecule has 0 amide bonds. The van der Waals surface area contributed by atoms with E-state index in [0.29, 0.717) is 0 Å². The molecule has 2 nitrogen and oxygen atoms in total. The molecule has 0 bridgehead atoms. The van der Waals surface area contributed by atoms with Gasteiger partial charge in [-0.2, -0.15) is 5.26 Å². The lowest BCUT2D eigenvalue weighted by Gasteiger charge is -2.39. The van der Waals surface area contributed by atoms with Gasteiger partial charge in [0.05, 0.1) is 11.6 Å². The van der Waals surface area contributed by atoms with Crippen LogP contribution in [0.3, 0.4) is 0 Å². The van der Waals surface area contributed by atoms with Crippen molar-refractivity contribution in [1.82, 2.24) is 5.32 Å². The van der Waals surface area contributed by atoms with Gasteiger partial charge in [0.2, 0.25) is 0 Å². The molecule has 3 heteroatoms. The van der Waals surface area contributed by atoms with E-state index in [1.807, 2.05) is 12.1 Å². The van der Waals surface area contributed by atoms with Gasteiger partial charge < -0.3 is 5.32 Å². The van der Waals surface area contributed by atoms with Gasteiger partial charge in [0.1, 0.15) is 0 Å². The summed E-state index contributed by atoms with van der Waals surface area (Å²) in [6, 6.07) is 19.4. The molecule has 0 atom stereocenters. The SMILES string of the molecule is N#Cc1ccc(C2(c3ccc(CI)cc3)CCNCC2)cc1. The first-order valence-electron chi connectivity index (χ1n) is 7.65. The van der Waals surface area contributed by atoms with E-state index >= 15 is 0 Å². The van der Waals surface area contributed by atoms with E-state index in [1.54, 1.807) is 0 Å². The Morgan fingerprint density at radius 2 is 1.50 bits per heavy atom. The number of hydrogen-bond acceptors (Lipinski definition) is 2. The fraction of sp³-hybridized carbons (Fsp3) is 0.316. The van der Waals surface area contributed by atoms with Crippen LogP contribution in [0.4, 0.5) is 0 Å². The summed E-state index contributed by atoms with van der Waals surface area (Å²) in [5.74, 6) is 0. The minimum atomic E-state index is 0.0725. The van der Waals surface area contributed by atoms with Crippen LogP contribution in [0, 0.1) is 11.3 Å². The summed E-state index contributed by atoms with van der Waals surface area (Å²) in [6.07, 6.45) is 2.20. The smallest absolute Gasteiger partial charge is 0.0991 e. The Labute approximate surface area is 145 Å². The maximum absolute atomic E-state index is 9.02. The third-order valence-corrected chi connectivity index (χ3v) is 5.57. The number of nitriles is 1. The molecule has 1 aliphatic rings. The molecular formula is C19H19IN2. The third kappa shape index (κ3) is 2.90. The number of halogens is 1. The first-order valence-corrected chi connectivity index (χ1v) is 9.18. The quantitative estimate of drug-likeness (QED) is 0.618. The first-order chi connectivity index (χ1) is 10.8. The van der Waals surface area contributed by atoms with Crippen LogP contribution >= 0.6 is 22.6 Å². The van der Waals surface area contributed by atoms with E-state index in [0.717, 1.165) is 35.9 Å². The normalized spacial score (nSPS) is 16.9. The van der Waals surface area contributed by atoms with Crippen molar-refractivity contribution in [1.29, 1.82) is 5.26 Å². The van der Waals surface area contributed by atoms with Crippen molar-refractivity contribution in [3.63, 3.8) is 0 Å². The summed E-state index contributed by atoms with van der Waals surface area (Å²) in [5, 5.41) is 12.5. The van der Waals surface area contributed by atoms with Crippen molar-refractivity contribution in [2.75, 3.05) is 13.1 Å². The van der Waals surface area contributed by atoms with Crippen LogP contribution in [0.1, 0.15) is 35.1 Å². The predicted molar refractivity (Wildman–Crippen MR) is 98.2 cm³/mol. The standard InChI is InChI=1S/C19H19IN2/c20-13-15-1-5-17(6-2-15)19(9-11-22-12-10-19)18-7-3-16(14-21)4-8-18/h1-8,22H,9-13H2. The number of piperidine rings is 1.